The van der Waals surface area contributed by atoms with Crippen molar-refractivity contribution < 1.29 is 0 Å². The van der Waals surface area contributed by atoms with Crippen molar-refractivity contribution in [3.8, 4) is 10.6 Å². The van der Waals surface area contributed by atoms with Gasteiger partial charge in [0, 0.05) is 24.5 Å². The standard InChI is InChI=1S/C21H31N5S.HI/c1-17-9-13-26(14-10-17)12-6-11-23-21(22-2)24-15-19-16-27-20(25-19)18-7-4-3-5-8-18;/h3-5,7-8,16-17H,6,9-15H2,1-2H3,(H2,22,23,24);1H. The molecule has 0 unspecified atom stereocenters. The summed E-state index contributed by atoms with van der Waals surface area (Å²) in [6, 6.07) is 10.3. The quantitative estimate of drug-likeness (QED) is 0.252. The summed E-state index contributed by atoms with van der Waals surface area (Å²) >= 11 is 1.68. The van der Waals surface area contributed by atoms with Crippen LogP contribution in [0.25, 0.3) is 10.6 Å². The molecule has 0 amide bonds. The van der Waals surface area contributed by atoms with Crippen molar-refractivity contribution in [2.75, 3.05) is 33.2 Å². The molecule has 0 spiro atoms. The molecule has 1 saturated heterocycles. The van der Waals surface area contributed by atoms with Crippen LogP contribution >= 0.6 is 35.3 Å². The molecule has 5 nitrogen and oxygen atoms in total. The number of rotatable bonds is 7. The molecule has 0 bridgehead atoms. The Morgan fingerprint density at radius 1 is 1.21 bits per heavy atom. The van der Waals surface area contributed by atoms with E-state index < -0.39 is 0 Å². The Kier molecular flexibility index (Phi) is 10.2. The van der Waals surface area contributed by atoms with Crippen LogP contribution in [0.5, 0.6) is 0 Å². The van der Waals surface area contributed by atoms with Crippen LogP contribution in [0.15, 0.2) is 40.7 Å². The van der Waals surface area contributed by atoms with Gasteiger partial charge >= 0.3 is 0 Å². The summed E-state index contributed by atoms with van der Waals surface area (Å²) in [6.45, 7) is 7.66. The Balaban J connectivity index is 0.00000280. The zero-order valence-corrected chi connectivity index (χ0v) is 20.0. The van der Waals surface area contributed by atoms with Crippen LogP contribution in [-0.4, -0.2) is 49.1 Å². The molecular weight excluding hydrogens is 481 g/mol. The molecule has 1 aromatic carbocycles. The predicted octanol–water partition coefficient (Wildman–Crippen LogP) is 4.22. The van der Waals surface area contributed by atoms with Gasteiger partial charge in [-0.1, -0.05) is 37.3 Å². The van der Waals surface area contributed by atoms with E-state index in [1.807, 2.05) is 25.2 Å². The van der Waals surface area contributed by atoms with Crippen molar-refractivity contribution in [2.45, 2.75) is 32.7 Å². The molecule has 0 radical (unpaired) electrons. The van der Waals surface area contributed by atoms with Gasteiger partial charge in [-0.2, -0.15) is 0 Å². The second-order valence-corrected chi connectivity index (χ2v) is 8.10. The Hall–Kier alpha value is -1.19. The smallest absolute Gasteiger partial charge is 0.191 e. The third-order valence-corrected chi connectivity index (χ3v) is 5.99. The number of piperidine rings is 1. The van der Waals surface area contributed by atoms with Gasteiger partial charge in [0.05, 0.1) is 12.2 Å². The fourth-order valence-corrected chi connectivity index (χ4v) is 4.12. The number of halogens is 1. The zero-order valence-electron chi connectivity index (χ0n) is 16.9. The average molecular weight is 513 g/mol. The second-order valence-electron chi connectivity index (χ2n) is 7.24. The van der Waals surface area contributed by atoms with Gasteiger partial charge in [0.2, 0.25) is 0 Å². The van der Waals surface area contributed by atoms with Crippen LogP contribution in [0.4, 0.5) is 0 Å². The lowest BCUT2D eigenvalue weighted by atomic mass is 9.99. The topological polar surface area (TPSA) is 52.6 Å². The number of hydrogen-bond donors (Lipinski definition) is 2. The Morgan fingerprint density at radius 3 is 2.68 bits per heavy atom. The van der Waals surface area contributed by atoms with Crippen molar-refractivity contribution in [3.63, 3.8) is 0 Å². The van der Waals surface area contributed by atoms with Crippen LogP contribution in [0.3, 0.4) is 0 Å². The average Bonchev–Trinajstić information content (AvgIpc) is 3.18. The first kappa shape index (κ1) is 23.1. The van der Waals surface area contributed by atoms with Crippen LogP contribution in [-0.2, 0) is 6.54 Å². The first-order valence-corrected chi connectivity index (χ1v) is 10.8. The summed E-state index contributed by atoms with van der Waals surface area (Å²) in [5.41, 5.74) is 2.22. The van der Waals surface area contributed by atoms with Gasteiger partial charge in [-0.15, -0.1) is 35.3 Å². The minimum Gasteiger partial charge on any atom is -0.356 e. The summed E-state index contributed by atoms with van der Waals surface area (Å²) in [5, 5.41) is 9.95. The van der Waals surface area contributed by atoms with Crippen molar-refractivity contribution in [1.82, 2.24) is 20.5 Å². The maximum absolute atomic E-state index is 4.72. The van der Waals surface area contributed by atoms with E-state index in [1.165, 1.54) is 38.0 Å². The molecule has 2 aromatic rings. The summed E-state index contributed by atoms with van der Waals surface area (Å²) in [5.74, 6) is 1.74. The molecule has 1 aliphatic rings. The van der Waals surface area contributed by atoms with E-state index in [9.17, 15) is 0 Å². The number of likely N-dealkylation sites (tertiary alicyclic amines) is 1. The molecule has 2 heterocycles. The van der Waals surface area contributed by atoms with E-state index in [1.54, 1.807) is 11.3 Å². The molecule has 0 atom stereocenters. The molecule has 28 heavy (non-hydrogen) atoms. The fraction of sp³-hybridized carbons (Fsp3) is 0.524. The lowest BCUT2D eigenvalue weighted by molar-refractivity contribution is 0.191. The van der Waals surface area contributed by atoms with Gasteiger partial charge in [-0.3, -0.25) is 4.99 Å². The molecule has 1 aliphatic heterocycles. The molecule has 1 fully saturated rings. The van der Waals surface area contributed by atoms with Crippen LogP contribution < -0.4 is 10.6 Å². The maximum atomic E-state index is 4.72. The Morgan fingerprint density at radius 2 is 1.96 bits per heavy atom. The zero-order chi connectivity index (χ0) is 18.9. The van der Waals surface area contributed by atoms with Gasteiger partial charge in [0.25, 0.3) is 0 Å². The molecule has 0 aliphatic carbocycles. The third kappa shape index (κ3) is 7.33. The van der Waals surface area contributed by atoms with Crippen LogP contribution in [0.2, 0.25) is 0 Å². The van der Waals surface area contributed by atoms with Crippen molar-refractivity contribution in [2.24, 2.45) is 10.9 Å². The van der Waals surface area contributed by atoms with Gasteiger partial charge in [-0.05, 0) is 44.8 Å². The number of nitrogens with one attached hydrogen (secondary N) is 2. The maximum Gasteiger partial charge on any atom is 0.191 e. The van der Waals surface area contributed by atoms with E-state index in [4.69, 9.17) is 4.98 Å². The number of hydrogen-bond acceptors (Lipinski definition) is 4. The molecule has 0 saturated carbocycles. The highest BCUT2D eigenvalue weighted by atomic mass is 127. The molecule has 3 rings (SSSR count). The van der Waals surface area contributed by atoms with Crippen molar-refractivity contribution >= 4 is 41.3 Å². The van der Waals surface area contributed by atoms with E-state index in [0.717, 1.165) is 35.5 Å². The molecule has 7 heteroatoms. The summed E-state index contributed by atoms with van der Waals surface area (Å²) in [4.78, 5) is 11.6. The van der Waals surface area contributed by atoms with Gasteiger partial charge in [0.15, 0.2) is 5.96 Å². The number of benzene rings is 1. The largest absolute Gasteiger partial charge is 0.356 e. The number of thiazole rings is 1. The van der Waals surface area contributed by atoms with Gasteiger partial charge in [0.1, 0.15) is 5.01 Å². The number of aromatic nitrogens is 1. The fourth-order valence-electron chi connectivity index (χ4n) is 3.29. The van der Waals surface area contributed by atoms with E-state index in [-0.39, 0.29) is 24.0 Å². The Bertz CT molecular complexity index is 711. The summed E-state index contributed by atoms with van der Waals surface area (Å²) in [7, 11) is 1.82. The third-order valence-electron chi connectivity index (χ3n) is 5.05. The van der Waals surface area contributed by atoms with Crippen molar-refractivity contribution in [3.05, 3.63) is 41.4 Å². The molecular formula is C21H32IN5S. The van der Waals surface area contributed by atoms with E-state index >= 15 is 0 Å². The number of guanidine groups is 1. The highest BCUT2D eigenvalue weighted by Gasteiger charge is 2.14. The Labute approximate surface area is 190 Å². The lowest BCUT2D eigenvalue weighted by Crippen LogP contribution is -2.39. The predicted molar refractivity (Wildman–Crippen MR) is 131 cm³/mol. The first-order valence-electron chi connectivity index (χ1n) is 9.91. The molecule has 154 valence electrons. The SMILES string of the molecule is CN=C(NCCCN1CCC(C)CC1)NCc1csc(-c2ccccc2)n1.I. The highest BCUT2D eigenvalue weighted by molar-refractivity contribution is 14.0. The monoisotopic (exact) mass is 513 g/mol. The van der Waals surface area contributed by atoms with Crippen LogP contribution in [0.1, 0.15) is 31.9 Å². The lowest BCUT2D eigenvalue weighted by Gasteiger charge is -2.30. The molecule has 2 N–H and O–H groups in total. The minimum absolute atomic E-state index is 0. The molecule has 1 aromatic heterocycles. The first-order chi connectivity index (χ1) is 13.2. The van der Waals surface area contributed by atoms with Crippen molar-refractivity contribution in [1.29, 1.82) is 0 Å². The minimum atomic E-state index is 0. The number of nitrogens with zero attached hydrogens (tertiary/aromatic N) is 3. The summed E-state index contributed by atoms with van der Waals surface area (Å²) < 4.78 is 0. The van der Waals surface area contributed by atoms with Crippen LogP contribution in [0, 0.1) is 5.92 Å². The summed E-state index contributed by atoms with van der Waals surface area (Å²) in [6.07, 6.45) is 3.83. The van der Waals surface area contributed by atoms with Gasteiger partial charge in [-0.25, -0.2) is 4.98 Å². The normalized spacial score (nSPS) is 15.9. The van der Waals surface area contributed by atoms with Gasteiger partial charge < -0.3 is 15.5 Å². The number of aliphatic imine (C=N–C) groups is 1. The van der Waals surface area contributed by atoms with E-state index in [2.05, 4.69) is 45.0 Å². The second kappa shape index (κ2) is 12.4. The van der Waals surface area contributed by atoms with E-state index in [0.29, 0.717) is 6.54 Å². The highest BCUT2D eigenvalue weighted by Crippen LogP contribution is 2.23.